The molecule has 5 nitrogen and oxygen atoms in total. The molecule has 5 rings (SSSR count). The van der Waals surface area contributed by atoms with Crippen molar-refractivity contribution in [2.24, 2.45) is 11.8 Å². The van der Waals surface area contributed by atoms with Crippen LogP contribution in [0, 0.1) is 11.8 Å². The Morgan fingerprint density at radius 2 is 2.19 bits per heavy atom. The molecule has 0 aromatic carbocycles. The van der Waals surface area contributed by atoms with Gasteiger partial charge < -0.3 is 4.90 Å². The Morgan fingerprint density at radius 1 is 1.29 bits per heavy atom. The van der Waals surface area contributed by atoms with Crippen molar-refractivity contribution < 1.29 is 4.79 Å². The molecule has 108 valence electrons. The van der Waals surface area contributed by atoms with E-state index in [1.165, 1.54) is 0 Å². The Morgan fingerprint density at radius 3 is 3.10 bits per heavy atom. The van der Waals surface area contributed by atoms with E-state index in [0.29, 0.717) is 34.9 Å². The summed E-state index contributed by atoms with van der Waals surface area (Å²) in [6, 6.07) is 0.496. The average Bonchev–Trinajstić information content (AvgIpc) is 3.09. The van der Waals surface area contributed by atoms with Crippen LogP contribution in [0.2, 0.25) is 5.15 Å². The summed E-state index contributed by atoms with van der Waals surface area (Å²) in [6.07, 6.45) is 8.70. The van der Waals surface area contributed by atoms with Gasteiger partial charge in [0.2, 0.25) is 5.91 Å². The molecule has 3 fully saturated rings. The number of carbonyl (C=O) groups is 1. The Bertz CT molecular complexity index is 757. The highest BCUT2D eigenvalue weighted by Gasteiger charge is 2.59. The molecule has 21 heavy (non-hydrogen) atoms. The Balaban J connectivity index is 1.50. The third-order valence-corrected chi connectivity index (χ3v) is 5.66. The van der Waals surface area contributed by atoms with Gasteiger partial charge in [0, 0.05) is 36.8 Å². The van der Waals surface area contributed by atoms with Crippen molar-refractivity contribution in [3.63, 3.8) is 0 Å². The molecule has 0 unspecified atom stereocenters. The minimum atomic E-state index is 0.295. The lowest BCUT2D eigenvalue weighted by Gasteiger charge is -2.36. The normalized spacial score (nSPS) is 34.1. The molecular weight excluding hydrogens is 288 g/mol. The topological polar surface area (TPSA) is 50.5 Å². The molecule has 6 heteroatoms. The zero-order valence-corrected chi connectivity index (χ0v) is 12.2. The number of hydrogen-bond donors (Lipinski definition) is 0. The molecule has 1 aliphatic carbocycles. The van der Waals surface area contributed by atoms with Gasteiger partial charge in [-0.05, 0) is 25.2 Å². The van der Waals surface area contributed by atoms with Crippen LogP contribution >= 0.6 is 11.6 Å². The molecule has 1 saturated carbocycles. The molecule has 0 spiro atoms. The van der Waals surface area contributed by atoms with Crippen LogP contribution < -0.4 is 0 Å². The van der Waals surface area contributed by atoms with Crippen LogP contribution in [0.5, 0.6) is 0 Å². The fraction of sp³-hybridized carbons (Fsp3) is 0.533. The number of hydrogen-bond acceptors (Lipinski definition) is 3. The molecule has 0 radical (unpaired) electrons. The quantitative estimate of drug-likeness (QED) is 0.810. The molecule has 4 heterocycles. The van der Waals surface area contributed by atoms with E-state index in [0.717, 1.165) is 37.1 Å². The van der Waals surface area contributed by atoms with Crippen LogP contribution in [-0.4, -0.2) is 37.8 Å². The van der Waals surface area contributed by atoms with Crippen LogP contribution in [0.15, 0.2) is 18.6 Å². The van der Waals surface area contributed by atoms with E-state index in [-0.39, 0.29) is 0 Å². The van der Waals surface area contributed by atoms with E-state index in [4.69, 9.17) is 11.6 Å². The van der Waals surface area contributed by atoms with Gasteiger partial charge in [0.05, 0.1) is 6.20 Å². The molecule has 0 N–H and O–H groups in total. The third-order valence-electron chi connectivity index (χ3n) is 5.37. The summed E-state index contributed by atoms with van der Waals surface area (Å²) in [6.45, 7) is 0.801. The minimum absolute atomic E-state index is 0.295. The molecule has 2 aromatic heterocycles. The lowest BCUT2D eigenvalue weighted by molar-refractivity contribution is -0.132. The van der Waals surface area contributed by atoms with Gasteiger partial charge in [0.15, 0.2) is 5.15 Å². The second kappa shape index (κ2) is 3.97. The third kappa shape index (κ3) is 1.55. The van der Waals surface area contributed by atoms with E-state index < -0.39 is 0 Å². The van der Waals surface area contributed by atoms with Crippen LogP contribution in [0.25, 0.3) is 5.52 Å². The highest BCUT2D eigenvalue weighted by molar-refractivity contribution is 6.32. The van der Waals surface area contributed by atoms with Gasteiger partial charge in [-0.25, -0.2) is 9.97 Å². The minimum Gasteiger partial charge on any atom is -0.338 e. The molecule has 4 atom stereocenters. The molecule has 3 aliphatic rings. The Kier molecular flexibility index (Phi) is 2.27. The first-order valence-electron chi connectivity index (χ1n) is 7.52. The van der Waals surface area contributed by atoms with Gasteiger partial charge in [-0.2, -0.15) is 0 Å². The second-order valence-electron chi connectivity index (χ2n) is 6.43. The van der Waals surface area contributed by atoms with Crippen molar-refractivity contribution in [3.05, 3.63) is 29.6 Å². The van der Waals surface area contributed by atoms with Crippen LogP contribution in [-0.2, 0) is 4.79 Å². The predicted octanol–water partition coefficient (Wildman–Crippen LogP) is 2.11. The first-order chi connectivity index (χ1) is 10.2. The fourth-order valence-electron chi connectivity index (χ4n) is 4.26. The van der Waals surface area contributed by atoms with E-state index in [9.17, 15) is 4.79 Å². The standard InChI is InChI=1S/C15H15ClN4O/c16-13-12-6-18-14(19(12)4-3-17-13)8-1-2-11-9-5-10(9)15(21)20(11)7-8/h3-4,6,8-11H,1-2,5,7H2/t8-,9-,10+,11-/m0/s1. The molecule has 2 saturated heterocycles. The molecule has 2 aromatic rings. The number of imidazole rings is 1. The van der Waals surface area contributed by atoms with Crippen molar-refractivity contribution in [1.82, 2.24) is 19.3 Å². The lowest BCUT2D eigenvalue weighted by atomic mass is 9.91. The maximum Gasteiger partial charge on any atom is 0.226 e. The van der Waals surface area contributed by atoms with E-state index in [1.807, 2.05) is 10.6 Å². The van der Waals surface area contributed by atoms with Crippen molar-refractivity contribution in [2.75, 3.05) is 6.54 Å². The number of amides is 1. The number of halogens is 1. The summed E-state index contributed by atoms with van der Waals surface area (Å²) in [5, 5.41) is 0.475. The van der Waals surface area contributed by atoms with Crippen LogP contribution in [0.3, 0.4) is 0 Å². The average molecular weight is 303 g/mol. The van der Waals surface area contributed by atoms with Crippen LogP contribution in [0.1, 0.15) is 31.0 Å². The van der Waals surface area contributed by atoms with Gasteiger partial charge >= 0.3 is 0 Å². The van der Waals surface area contributed by atoms with Gasteiger partial charge in [0.1, 0.15) is 11.3 Å². The summed E-state index contributed by atoms with van der Waals surface area (Å²) in [5.41, 5.74) is 0.840. The van der Waals surface area contributed by atoms with Crippen LogP contribution in [0.4, 0.5) is 0 Å². The molecule has 0 bridgehead atoms. The monoisotopic (exact) mass is 302 g/mol. The smallest absolute Gasteiger partial charge is 0.226 e. The van der Waals surface area contributed by atoms with Gasteiger partial charge in [-0.15, -0.1) is 0 Å². The predicted molar refractivity (Wildman–Crippen MR) is 77.1 cm³/mol. The highest BCUT2D eigenvalue weighted by atomic mass is 35.5. The maximum atomic E-state index is 12.3. The summed E-state index contributed by atoms with van der Waals surface area (Å²) in [7, 11) is 0. The number of nitrogens with zero attached hydrogens (tertiary/aromatic N) is 4. The van der Waals surface area contributed by atoms with Gasteiger partial charge in [0.25, 0.3) is 0 Å². The lowest BCUT2D eigenvalue weighted by Crippen LogP contribution is -2.43. The van der Waals surface area contributed by atoms with E-state index in [2.05, 4.69) is 14.9 Å². The number of rotatable bonds is 1. The first kappa shape index (κ1) is 12.0. The second-order valence-corrected chi connectivity index (χ2v) is 6.79. The summed E-state index contributed by atoms with van der Waals surface area (Å²) in [4.78, 5) is 23.0. The summed E-state index contributed by atoms with van der Waals surface area (Å²) in [5.74, 6) is 2.65. The van der Waals surface area contributed by atoms with Crippen molar-refractivity contribution >= 4 is 23.0 Å². The number of fused-ring (bicyclic) bond motifs is 4. The Labute approximate surface area is 126 Å². The SMILES string of the molecule is O=C1[C@@H]2C[C@@H]2[C@@H]2CC[C@H](c3ncc4c(Cl)nccn34)CN12. The molecule has 1 amide bonds. The largest absolute Gasteiger partial charge is 0.338 e. The summed E-state index contributed by atoms with van der Waals surface area (Å²) >= 11 is 6.11. The first-order valence-corrected chi connectivity index (χ1v) is 7.90. The molecular formula is C15H15ClN4O. The maximum absolute atomic E-state index is 12.3. The van der Waals surface area contributed by atoms with E-state index >= 15 is 0 Å². The number of piperidine rings is 2. The summed E-state index contributed by atoms with van der Waals surface area (Å²) < 4.78 is 2.02. The van der Waals surface area contributed by atoms with Crippen molar-refractivity contribution in [3.8, 4) is 0 Å². The van der Waals surface area contributed by atoms with E-state index in [1.54, 1.807) is 12.4 Å². The Hall–Kier alpha value is -1.62. The van der Waals surface area contributed by atoms with Gasteiger partial charge in [-0.1, -0.05) is 11.6 Å². The zero-order chi connectivity index (χ0) is 14.1. The van der Waals surface area contributed by atoms with Crippen molar-refractivity contribution in [1.29, 1.82) is 0 Å². The number of carbonyl (C=O) groups excluding carboxylic acids is 1. The zero-order valence-electron chi connectivity index (χ0n) is 11.4. The fourth-order valence-corrected chi connectivity index (χ4v) is 4.45. The van der Waals surface area contributed by atoms with Gasteiger partial charge in [-0.3, -0.25) is 9.20 Å². The number of aromatic nitrogens is 3. The highest BCUT2D eigenvalue weighted by Crippen LogP contribution is 2.54. The van der Waals surface area contributed by atoms with Crippen molar-refractivity contribution in [2.45, 2.75) is 31.2 Å². The molecule has 2 aliphatic heterocycles.